The average Bonchev–Trinajstić information content (AvgIpc) is 2.33. The van der Waals surface area contributed by atoms with Gasteiger partial charge in [-0.05, 0) is 48.8 Å². The summed E-state index contributed by atoms with van der Waals surface area (Å²) >= 11 is 0. The predicted octanol–water partition coefficient (Wildman–Crippen LogP) is 3.91. The molecule has 17 heavy (non-hydrogen) atoms. The van der Waals surface area contributed by atoms with Gasteiger partial charge < -0.3 is 5.11 Å². The topological polar surface area (TPSA) is 20.2 Å². The lowest BCUT2D eigenvalue weighted by molar-refractivity contribution is 0.284. The molecule has 0 saturated heterocycles. The third-order valence-corrected chi connectivity index (χ3v) is 3.24. The Kier molecular flexibility index (Phi) is 6.95. The molecule has 0 bridgehead atoms. The van der Waals surface area contributed by atoms with Gasteiger partial charge >= 0.3 is 0 Å². The van der Waals surface area contributed by atoms with Crippen molar-refractivity contribution in [2.45, 2.75) is 58.8 Å². The van der Waals surface area contributed by atoms with Crippen molar-refractivity contribution >= 4 is 0 Å². The molecular weight excluding hydrogens is 208 g/mol. The van der Waals surface area contributed by atoms with Crippen LogP contribution < -0.4 is 0 Å². The summed E-state index contributed by atoms with van der Waals surface area (Å²) in [5.41, 5.74) is 4.61. The van der Waals surface area contributed by atoms with E-state index >= 15 is 0 Å². The predicted molar refractivity (Wildman–Crippen MR) is 74.5 cm³/mol. The Morgan fingerprint density at radius 1 is 0.882 bits per heavy atom. The molecule has 0 fully saturated rings. The standard InChI is InChI=1S/C16H26O/c1-3-8-14-10-7-11-15(9-4-2)16(14)12-5-6-13-17/h7,10-11,17H,3-6,8-9,12-13H2,1-2H3. The fourth-order valence-electron chi connectivity index (χ4n) is 2.43. The van der Waals surface area contributed by atoms with E-state index in [0.29, 0.717) is 6.61 Å². The normalized spacial score (nSPS) is 10.8. The molecule has 0 saturated carbocycles. The molecule has 0 amide bonds. The van der Waals surface area contributed by atoms with Gasteiger partial charge in [-0.25, -0.2) is 0 Å². The molecule has 0 atom stereocenters. The third-order valence-electron chi connectivity index (χ3n) is 3.24. The van der Waals surface area contributed by atoms with Crippen molar-refractivity contribution in [1.29, 1.82) is 0 Å². The van der Waals surface area contributed by atoms with Gasteiger partial charge in [-0.1, -0.05) is 44.9 Å². The van der Waals surface area contributed by atoms with Crippen molar-refractivity contribution in [2.75, 3.05) is 6.61 Å². The zero-order chi connectivity index (χ0) is 12.5. The summed E-state index contributed by atoms with van der Waals surface area (Å²) in [6, 6.07) is 6.75. The molecule has 0 unspecified atom stereocenters. The minimum Gasteiger partial charge on any atom is -0.396 e. The van der Waals surface area contributed by atoms with Gasteiger partial charge in [0.25, 0.3) is 0 Å². The van der Waals surface area contributed by atoms with Gasteiger partial charge in [0.2, 0.25) is 0 Å². The molecule has 1 aromatic carbocycles. The summed E-state index contributed by atoms with van der Waals surface area (Å²) in [5.74, 6) is 0. The molecule has 1 nitrogen and oxygen atoms in total. The van der Waals surface area contributed by atoms with E-state index in [0.717, 1.165) is 19.3 Å². The van der Waals surface area contributed by atoms with Crippen LogP contribution in [0.15, 0.2) is 18.2 Å². The fourth-order valence-corrected chi connectivity index (χ4v) is 2.43. The van der Waals surface area contributed by atoms with Crippen LogP contribution in [0.3, 0.4) is 0 Å². The number of unbranched alkanes of at least 4 members (excludes halogenated alkanes) is 1. The monoisotopic (exact) mass is 234 g/mol. The van der Waals surface area contributed by atoms with Gasteiger partial charge in [-0.15, -0.1) is 0 Å². The minimum absolute atomic E-state index is 0.319. The summed E-state index contributed by atoms with van der Waals surface area (Å²) in [6.45, 7) is 4.80. The van der Waals surface area contributed by atoms with E-state index in [1.165, 1.54) is 36.8 Å². The van der Waals surface area contributed by atoms with E-state index in [-0.39, 0.29) is 0 Å². The van der Waals surface area contributed by atoms with Crippen molar-refractivity contribution in [3.05, 3.63) is 34.9 Å². The Morgan fingerprint density at radius 3 is 1.94 bits per heavy atom. The van der Waals surface area contributed by atoms with Gasteiger partial charge in [0.05, 0.1) is 0 Å². The van der Waals surface area contributed by atoms with E-state index in [9.17, 15) is 0 Å². The highest BCUT2D eigenvalue weighted by molar-refractivity contribution is 5.35. The molecule has 0 aromatic heterocycles. The first kappa shape index (κ1) is 14.2. The number of aliphatic hydroxyl groups is 1. The van der Waals surface area contributed by atoms with Crippen molar-refractivity contribution in [1.82, 2.24) is 0 Å². The first-order valence-electron chi connectivity index (χ1n) is 7.04. The highest BCUT2D eigenvalue weighted by atomic mass is 16.2. The summed E-state index contributed by atoms with van der Waals surface area (Å²) in [5, 5.41) is 8.89. The molecule has 96 valence electrons. The number of benzene rings is 1. The SMILES string of the molecule is CCCc1cccc(CCC)c1CCCCO. The lowest BCUT2D eigenvalue weighted by atomic mass is 9.92. The Bertz CT molecular complexity index is 293. The molecular formula is C16H26O. The zero-order valence-electron chi connectivity index (χ0n) is 11.3. The molecule has 0 aliphatic heterocycles. The Labute approximate surface area is 106 Å². The average molecular weight is 234 g/mol. The Hall–Kier alpha value is -0.820. The zero-order valence-corrected chi connectivity index (χ0v) is 11.3. The lowest BCUT2D eigenvalue weighted by Crippen LogP contribution is -2.01. The van der Waals surface area contributed by atoms with E-state index in [1.807, 2.05) is 0 Å². The van der Waals surface area contributed by atoms with Gasteiger partial charge in [-0.2, -0.15) is 0 Å². The molecule has 0 spiro atoms. The van der Waals surface area contributed by atoms with Gasteiger partial charge in [0.15, 0.2) is 0 Å². The molecule has 0 heterocycles. The quantitative estimate of drug-likeness (QED) is 0.676. The van der Waals surface area contributed by atoms with Gasteiger partial charge in [0.1, 0.15) is 0 Å². The van der Waals surface area contributed by atoms with Crippen LogP contribution in [0.25, 0.3) is 0 Å². The molecule has 1 N–H and O–H groups in total. The Balaban J connectivity index is 2.83. The van der Waals surface area contributed by atoms with Crippen molar-refractivity contribution < 1.29 is 5.11 Å². The highest BCUT2D eigenvalue weighted by Crippen LogP contribution is 2.20. The second kappa shape index (κ2) is 8.30. The van der Waals surface area contributed by atoms with Crippen LogP contribution in [-0.4, -0.2) is 11.7 Å². The summed E-state index contributed by atoms with van der Waals surface area (Å²) < 4.78 is 0. The van der Waals surface area contributed by atoms with Crippen LogP contribution in [0, 0.1) is 0 Å². The van der Waals surface area contributed by atoms with Crippen LogP contribution in [-0.2, 0) is 19.3 Å². The van der Waals surface area contributed by atoms with E-state index < -0.39 is 0 Å². The molecule has 0 aliphatic rings. The van der Waals surface area contributed by atoms with Crippen LogP contribution >= 0.6 is 0 Å². The van der Waals surface area contributed by atoms with Crippen LogP contribution in [0.1, 0.15) is 56.2 Å². The summed E-state index contributed by atoms with van der Waals surface area (Å²) in [7, 11) is 0. The van der Waals surface area contributed by atoms with Crippen LogP contribution in [0.5, 0.6) is 0 Å². The first-order chi connectivity index (χ1) is 8.33. The maximum absolute atomic E-state index is 8.89. The molecule has 1 rings (SSSR count). The summed E-state index contributed by atoms with van der Waals surface area (Å²) in [6.07, 6.45) is 7.95. The number of hydrogen-bond acceptors (Lipinski definition) is 1. The fraction of sp³-hybridized carbons (Fsp3) is 0.625. The van der Waals surface area contributed by atoms with Gasteiger partial charge in [-0.3, -0.25) is 0 Å². The highest BCUT2D eigenvalue weighted by Gasteiger charge is 2.07. The van der Waals surface area contributed by atoms with Crippen LogP contribution in [0.4, 0.5) is 0 Å². The lowest BCUT2D eigenvalue weighted by Gasteiger charge is -2.14. The minimum atomic E-state index is 0.319. The number of rotatable bonds is 8. The molecule has 0 aliphatic carbocycles. The van der Waals surface area contributed by atoms with Crippen molar-refractivity contribution in [3.63, 3.8) is 0 Å². The Morgan fingerprint density at radius 2 is 1.47 bits per heavy atom. The molecule has 1 heteroatoms. The smallest absolute Gasteiger partial charge is 0.0431 e. The van der Waals surface area contributed by atoms with Crippen molar-refractivity contribution in [2.24, 2.45) is 0 Å². The number of aryl methyl sites for hydroxylation is 2. The van der Waals surface area contributed by atoms with E-state index in [1.54, 1.807) is 5.56 Å². The summed E-state index contributed by atoms with van der Waals surface area (Å²) in [4.78, 5) is 0. The van der Waals surface area contributed by atoms with Crippen molar-refractivity contribution in [3.8, 4) is 0 Å². The largest absolute Gasteiger partial charge is 0.396 e. The second-order valence-electron chi connectivity index (χ2n) is 4.74. The van der Waals surface area contributed by atoms with E-state index in [2.05, 4.69) is 32.0 Å². The van der Waals surface area contributed by atoms with Crippen LogP contribution in [0.2, 0.25) is 0 Å². The second-order valence-corrected chi connectivity index (χ2v) is 4.74. The number of hydrogen-bond donors (Lipinski definition) is 1. The third kappa shape index (κ3) is 4.51. The maximum Gasteiger partial charge on any atom is 0.0431 e. The number of aliphatic hydroxyl groups excluding tert-OH is 1. The first-order valence-corrected chi connectivity index (χ1v) is 7.04. The molecule has 0 radical (unpaired) electrons. The van der Waals surface area contributed by atoms with Gasteiger partial charge in [0, 0.05) is 6.61 Å². The van der Waals surface area contributed by atoms with E-state index in [4.69, 9.17) is 5.11 Å². The molecule has 1 aromatic rings. The maximum atomic E-state index is 8.89.